The van der Waals surface area contributed by atoms with Gasteiger partial charge in [0.15, 0.2) is 9.84 Å². The second kappa shape index (κ2) is 6.33. The number of rotatable bonds is 6. The highest BCUT2D eigenvalue weighted by atomic mass is 32.2. The molecule has 3 nitrogen and oxygen atoms in total. The van der Waals surface area contributed by atoms with Gasteiger partial charge >= 0.3 is 0 Å². The van der Waals surface area contributed by atoms with Gasteiger partial charge in [-0.3, -0.25) is 0 Å². The van der Waals surface area contributed by atoms with Crippen molar-refractivity contribution < 1.29 is 13.2 Å². The summed E-state index contributed by atoms with van der Waals surface area (Å²) in [6.07, 6.45) is 1.36. The van der Waals surface area contributed by atoms with Gasteiger partial charge in [0.2, 0.25) is 0 Å². The monoisotopic (exact) mass is 282 g/mol. The lowest BCUT2D eigenvalue weighted by Gasteiger charge is -2.13. The predicted octanol–water partition coefficient (Wildman–Crippen LogP) is 3.34. The van der Waals surface area contributed by atoms with E-state index in [1.54, 1.807) is 32.9 Å². The zero-order valence-electron chi connectivity index (χ0n) is 12.0. The number of hydrogen-bond acceptors (Lipinski definition) is 3. The molecule has 0 aliphatic carbocycles. The summed E-state index contributed by atoms with van der Waals surface area (Å²) < 4.78 is 24.0. The average molecular weight is 282 g/mol. The van der Waals surface area contributed by atoms with Gasteiger partial charge in [-0.25, -0.2) is 8.42 Å². The van der Waals surface area contributed by atoms with E-state index in [1.807, 2.05) is 12.1 Å². The summed E-state index contributed by atoms with van der Waals surface area (Å²) in [6, 6.07) is 7.02. The topological polar surface area (TPSA) is 51.2 Å². The van der Waals surface area contributed by atoms with Crippen molar-refractivity contribution in [2.45, 2.75) is 56.6 Å². The van der Waals surface area contributed by atoms with E-state index < -0.39 is 15.1 Å². The largest absolute Gasteiger partial charge is 0.300 e. The molecule has 0 saturated heterocycles. The van der Waals surface area contributed by atoms with E-state index in [4.69, 9.17) is 0 Å². The van der Waals surface area contributed by atoms with Crippen molar-refractivity contribution in [1.29, 1.82) is 0 Å². The first-order chi connectivity index (χ1) is 8.75. The van der Waals surface area contributed by atoms with Gasteiger partial charge in [0.25, 0.3) is 0 Å². The summed E-state index contributed by atoms with van der Waals surface area (Å²) in [5, 5.41) is -0.409. The van der Waals surface area contributed by atoms with Gasteiger partial charge in [0.1, 0.15) is 5.78 Å². The van der Waals surface area contributed by atoms with Crippen molar-refractivity contribution in [3.63, 3.8) is 0 Å². The molecule has 1 aromatic rings. The minimum absolute atomic E-state index is 0.186. The lowest BCUT2D eigenvalue weighted by Crippen LogP contribution is -2.13. The van der Waals surface area contributed by atoms with Crippen molar-refractivity contribution in [1.82, 2.24) is 0 Å². The first kappa shape index (κ1) is 15.9. The zero-order chi connectivity index (χ0) is 14.6. The number of benzene rings is 1. The summed E-state index contributed by atoms with van der Waals surface area (Å²) in [5.74, 6) is 0.450. The van der Waals surface area contributed by atoms with Crippen LogP contribution in [0.3, 0.4) is 0 Å². The van der Waals surface area contributed by atoms with Crippen molar-refractivity contribution in [3.8, 4) is 0 Å². The number of ketones is 1. The molecule has 0 spiro atoms. The minimum Gasteiger partial charge on any atom is -0.300 e. The summed E-state index contributed by atoms with van der Waals surface area (Å²) in [4.78, 5) is 11.3. The standard InChI is InChI=1S/C15H22O3S/c1-11(2)19(17,18)15-9-7-14(8-10-15)12(3)5-6-13(4)16/h7-12H,5-6H2,1-4H3. The van der Waals surface area contributed by atoms with Crippen molar-refractivity contribution in [2.75, 3.05) is 0 Å². The van der Waals surface area contributed by atoms with Gasteiger partial charge < -0.3 is 4.79 Å². The van der Waals surface area contributed by atoms with Gasteiger partial charge in [-0.1, -0.05) is 19.1 Å². The molecule has 1 unspecified atom stereocenters. The third kappa shape index (κ3) is 4.16. The molecule has 0 fully saturated rings. The Bertz CT molecular complexity index is 527. The van der Waals surface area contributed by atoms with Crippen LogP contribution in [-0.2, 0) is 14.6 Å². The lowest BCUT2D eigenvalue weighted by atomic mass is 9.95. The van der Waals surface area contributed by atoms with Crippen LogP contribution in [0.5, 0.6) is 0 Å². The Morgan fingerprint density at radius 1 is 1.11 bits per heavy atom. The molecule has 0 bridgehead atoms. The number of Topliss-reactive ketones (excluding diaryl/α,β-unsaturated/α-hetero) is 1. The Balaban J connectivity index is 2.85. The quantitative estimate of drug-likeness (QED) is 0.804. The molecule has 0 radical (unpaired) electrons. The second-order valence-electron chi connectivity index (χ2n) is 5.30. The Labute approximate surface area is 116 Å². The molecule has 1 aromatic carbocycles. The minimum atomic E-state index is -3.20. The molecule has 1 atom stereocenters. The number of hydrogen-bond donors (Lipinski definition) is 0. The fourth-order valence-electron chi connectivity index (χ4n) is 1.84. The maximum absolute atomic E-state index is 12.0. The van der Waals surface area contributed by atoms with E-state index in [1.165, 1.54) is 0 Å². The first-order valence-electron chi connectivity index (χ1n) is 6.58. The molecule has 0 aromatic heterocycles. The highest BCUT2D eigenvalue weighted by Crippen LogP contribution is 2.23. The highest BCUT2D eigenvalue weighted by Gasteiger charge is 2.19. The third-order valence-electron chi connectivity index (χ3n) is 3.33. The summed E-state index contributed by atoms with van der Waals surface area (Å²) >= 11 is 0. The fourth-order valence-corrected chi connectivity index (χ4v) is 2.90. The first-order valence-corrected chi connectivity index (χ1v) is 8.13. The molecule has 106 valence electrons. The van der Waals surface area contributed by atoms with Crippen LogP contribution >= 0.6 is 0 Å². The molecule has 0 aliphatic heterocycles. The maximum Gasteiger partial charge on any atom is 0.180 e. The second-order valence-corrected chi connectivity index (χ2v) is 7.81. The van der Waals surface area contributed by atoms with Gasteiger partial charge in [-0.15, -0.1) is 0 Å². The van der Waals surface area contributed by atoms with Gasteiger partial charge in [0, 0.05) is 6.42 Å². The number of carbonyl (C=O) groups excluding carboxylic acids is 1. The molecule has 19 heavy (non-hydrogen) atoms. The fraction of sp³-hybridized carbons (Fsp3) is 0.533. The van der Waals surface area contributed by atoms with Gasteiger partial charge in [-0.05, 0) is 50.8 Å². The van der Waals surface area contributed by atoms with Crippen LogP contribution in [0.15, 0.2) is 29.2 Å². The Hall–Kier alpha value is -1.16. The smallest absolute Gasteiger partial charge is 0.180 e. The Morgan fingerprint density at radius 2 is 1.63 bits per heavy atom. The Morgan fingerprint density at radius 3 is 2.05 bits per heavy atom. The average Bonchev–Trinajstić information content (AvgIpc) is 2.35. The van der Waals surface area contributed by atoms with Gasteiger partial charge in [0.05, 0.1) is 10.1 Å². The van der Waals surface area contributed by atoms with Crippen LogP contribution in [0, 0.1) is 0 Å². The van der Waals surface area contributed by atoms with E-state index in [9.17, 15) is 13.2 Å². The van der Waals surface area contributed by atoms with Crippen LogP contribution in [-0.4, -0.2) is 19.5 Å². The molecule has 0 heterocycles. The van der Waals surface area contributed by atoms with Crippen LogP contribution in [0.1, 0.15) is 52.0 Å². The van der Waals surface area contributed by atoms with E-state index in [2.05, 4.69) is 6.92 Å². The maximum atomic E-state index is 12.0. The predicted molar refractivity (Wildman–Crippen MR) is 77.1 cm³/mol. The van der Waals surface area contributed by atoms with Crippen molar-refractivity contribution in [2.24, 2.45) is 0 Å². The Kier molecular flexibility index (Phi) is 5.29. The molecule has 4 heteroatoms. The SMILES string of the molecule is CC(=O)CCC(C)c1ccc(S(=O)(=O)C(C)C)cc1. The van der Waals surface area contributed by atoms with Gasteiger partial charge in [-0.2, -0.15) is 0 Å². The van der Waals surface area contributed by atoms with Crippen molar-refractivity contribution >= 4 is 15.6 Å². The van der Waals surface area contributed by atoms with E-state index in [-0.39, 0.29) is 11.7 Å². The molecular weight excluding hydrogens is 260 g/mol. The lowest BCUT2D eigenvalue weighted by molar-refractivity contribution is -0.117. The zero-order valence-corrected chi connectivity index (χ0v) is 12.8. The molecular formula is C15H22O3S. The summed E-state index contributed by atoms with van der Waals surface area (Å²) in [7, 11) is -3.20. The summed E-state index contributed by atoms with van der Waals surface area (Å²) in [6.45, 7) is 7.00. The number of sulfone groups is 1. The third-order valence-corrected chi connectivity index (χ3v) is 5.50. The van der Waals surface area contributed by atoms with Crippen LogP contribution in [0.2, 0.25) is 0 Å². The van der Waals surface area contributed by atoms with E-state index >= 15 is 0 Å². The normalized spacial score (nSPS) is 13.5. The van der Waals surface area contributed by atoms with E-state index in [0.717, 1.165) is 12.0 Å². The number of carbonyl (C=O) groups is 1. The van der Waals surface area contributed by atoms with Crippen LogP contribution < -0.4 is 0 Å². The molecule has 1 rings (SSSR count). The summed E-state index contributed by atoms with van der Waals surface area (Å²) in [5.41, 5.74) is 1.07. The van der Waals surface area contributed by atoms with E-state index in [0.29, 0.717) is 11.3 Å². The van der Waals surface area contributed by atoms with Crippen LogP contribution in [0.4, 0.5) is 0 Å². The van der Waals surface area contributed by atoms with Crippen molar-refractivity contribution in [3.05, 3.63) is 29.8 Å². The molecule has 0 N–H and O–H groups in total. The highest BCUT2D eigenvalue weighted by molar-refractivity contribution is 7.92. The molecule has 0 aliphatic rings. The van der Waals surface area contributed by atoms with Crippen LogP contribution in [0.25, 0.3) is 0 Å². The molecule has 0 amide bonds. The molecule has 0 saturated carbocycles.